The molecular formula is C18H15N3O4S. The molecule has 0 unspecified atom stereocenters. The number of amides is 2. The molecule has 3 rings (SSSR count). The number of carbonyl (C=O) groups excluding carboxylic acids is 1. The summed E-state index contributed by atoms with van der Waals surface area (Å²) in [5.74, 6) is -0.243. The van der Waals surface area contributed by atoms with Gasteiger partial charge in [-0.05, 0) is 35.8 Å². The minimum Gasteiger partial charge on any atom is -0.508 e. The number of thiophene rings is 1. The fourth-order valence-electron chi connectivity index (χ4n) is 2.68. The van der Waals surface area contributed by atoms with Crippen molar-refractivity contribution in [1.29, 1.82) is 5.26 Å². The predicted octanol–water partition coefficient (Wildman–Crippen LogP) is 3.01. The second-order valence-electron chi connectivity index (χ2n) is 5.69. The molecule has 0 atom stereocenters. The summed E-state index contributed by atoms with van der Waals surface area (Å²) in [6.07, 6.45) is 2.40. The van der Waals surface area contributed by atoms with Gasteiger partial charge in [-0.3, -0.25) is 4.79 Å². The average Bonchev–Trinajstić information content (AvgIpc) is 2.97. The summed E-state index contributed by atoms with van der Waals surface area (Å²) >= 11 is 1.23. The summed E-state index contributed by atoms with van der Waals surface area (Å²) in [5, 5.41) is 30.9. The molecule has 3 N–H and O–H groups in total. The first-order chi connectivity index (χ1) is 12.5. The van der Waals surface area contributed by atoms with Gasteiger partial charge in [-0.2, -0.15) is 5.26 Å². The number of hydrogen-bond acceptors (Lipinski definition) is 5. The van der Waals surface area contributed by atoms with Crippen LogP contribution >= 0.6 is 11.3 Å². The molecule has 2 aromatic rings. The molecule has 2 amide bonds. The van der Waals surface area contributed by atoms with Crippen LogP contribution in [0.25, 0.3) is 6.08 Å². The van der Waals surface area contributed by atoms with E-state index < -0.39 is 6.09 Å². The highest BCUT2D eigenvalue weighted by molar-refractivity contribution is 7.16. The zero-order chi connectivity index (χ0) is 18.7. The number of nitrogens with zero attached hydrogens (tertiary/aromatic N) is 2. The van der Waals surface area contributed by atoms with E-state index in [4.69, 9.17) is 5.11 Å². The molecule has 0 radical (unpaired) electrons. The number of anilines is 1. The Morgan fingerprint density at radius 3 is 2.69 bits per heavy atom. The van der Waals surface area contributed by atoms with Crippen LogP contribution in [-0.2, 0) is 17.8 Å². The molecule has 1 aromatic heterocycles. The van der Waals surface area contributed by atoms with E-state index in [1.165, 1.54) is 34.4 Å². The van der Waals surface area contributed by atoms with Crippen LogP contribution in [0.5, 0.6) is 5.75 Å². The van der Waals surface area contributed by atoms with Gasteiger partial charge in [0, 0.05) is 17.5 Å². The van der Waals surface area contributed by atoms with Gasteiger partial charge in [0.1, 0.15) is 16.8 Å². The molecule has 0 saturated carbocycles. The molecule has 0 aliphatic carbocycles. The normalized spacial score (nSPS) is 13.3. The van der Waals surface area contributed by atoms with Crippen LogP contribution in [0.1, 0.15) is 21.6 Å². The van der Waals surface area contributed by atoms with Gasteiger partial charge in [0.05, 0.1) is 12.1 Å². The minimum absolute atomic E-state index is 0.143. The van der Waals surface area contributed by atoms with E-state index in [0.717, 1.165) is 16.0 Å². The first kappa shape index (κ1) is 17.5. The summed E-state index contributed by atoms with van der Waals surface area (Å²) in [5.41, 5.74) is 1.97. The zero-order valence-electron chi connectivity index (χ0n) is 13.6. The monoisotopic (exact) mass is 369 g/mol. The molecule has 1 aromatic carbocycles. The lowest BCUT2D eigenvalue weighted by atomic mass is 10.0. The van der Waals surface area contributed by atoms with E-state index in [2.05, 4.69) is 11.4 Å². The maximum absolute atomic E-state index is 12.2. The van der Waals surface area contributed by atoms with Gasteiger partial charge in [-0.25, -0.2) is 4.79 Å². The third-order valence-electron chi connectivity index (χ3n) is 4.00. The molecule has 1 aliphatic rings. The van der Waals surface area contributed by atoms with Crippen molar-refractivity contribution < 1.29 is 19.8 Å². The third kappa shape index (κ3) is 3.68. The smallest absolute Gasteiger partial charge is 0.407 e. The van der Waals surface area contributed by atoms with E-state index in [9.17, 15) is 20.0 Å². The number of carboxylic acid groups (broad SMARTS) is 1. The number of rotatable bonds is 3. The largest absolute Gasteiger partial charge is 0.508 e. The number of nitrogens with one attached hydrogen (secondary N) is 1. The van der Waals surface area contributed by atoms with E-state index >= 15 is 0 Å². The van der Waals surface area contributed by atoms with Crippen molar-refractivity contribution >= 4 is 34.4 Å². The van der Waals surface area contributed by atoms with Crippen molar-refractivity contribution in [1.82, 2.24) is 4.90 Å². The van der Waals surface area contributed by atoms with Crippen LogP contribution in [-0.4, -0.2) is 33.7 Å². The summed E-state index contributed by atoms with van der Waals surface area (Å²) in [7, 11) is 0. The molecule has 8 heteroatoms. The molecule has 0 spiro atoms. The summed E-state index contributed by atoms with van der Waals surface area (Å²) in [4.78, 5) is 25.3. The Bertz CT molecular complexity index is 925. The predicted molar refractivity (Wildman–Crippen MR) is 96.9 cm³/mol. The Balaban J connectivity index is 1.75. The fourth-order valence-corrected chi connectivity index (χ4v) is 3.90. The fraction of sp³-hybridized carbons (Fsp3) is 0.167. The molecule has 2 heterocycles. The number of fused-ring (bicyclic) bond motifs is 1. The standard InChI is InChI=1S/C18H15N3O4S/c19-9-14-13-7-8-21(18(24)25)10-15(13)26-17(14)20-16(23)6-3-11-1-4-12(22)5-2-11/h1-6,22H,7-8,10H2,(H,20,23)(H,24,25). The van der Waals surface area contributed by atoms with E-state index in [0.29, 0.717) is 23.5 Å². The van der Waals surface area contributed by atoms with E-state index in [1.807, 2.05) is 0 Å². The molecule has 26 heavy (non-hydrogen) atoms. The number of aromatic hydroxyl groups is 1. The second kappa shape index (κ2) is 7.29. The number of carbonyl (C=O) groups is 2. The molecule has 0 saturated heterocycles. The Morgan fingerprint density at radius 1 is 1.31 bits per heavy atom. The summed E-state index contributed by atoms with van der Waals surface area (Å²) in [6, 6.07) is 8.49. The topological polar surface area (TPSA) is 114 Å². The average molecular weight is 369 g/mol. The summed E-state index contributed by atoms with van der Waals surface area (Å²) < 4.78 is 0. The van der Waals surface area contributed by atoms with Crippen molar-refractivity contribution in [2.75, 3.05) is 11.9 Å². The van der Waals surface area contributed by atoms with Gasteiger partial charge in [-0.15, -0.1) is 11.3 Å². The lowest BCUT2D eigenvalue weighted by Gasteiger charge is -2.23. The number of nitriles is 1. The van der Waals surface area contributed by atoms with Gasteiger partial charge in [-0.1, -0.05) is 12.1 Å². The second-order valence-corrected chi connectivity index (χ2v) is 6.79. The van der Waals surface area contributed by atoms with Gasteiger partial charge < -0.3 is 20.4 Å². The Morgan fingerprint density at radius 2 is 2.04 bits per heavy atom. The van der Waals surface area contributed by atoms with Gasteiger partial charge in [0.15, 0.2) is 0 Å². The number of phenols is 1. The van der Waals surface area contributed by atoms with Crippen LogP contribution in [0, 0.1) is 11.3 Å². The van der Waals surface area contributed by atoms with Crippen LogP contribution in [0.3, 0.4) is 0 Å². The first-order valence-corrected chi connectivity index (χ1v) is 8.60. The highest BCUT2D eigenvalue weighted by Gasteiger charge is 2.27. The molecule has 1 aliphatic heterocycles. The van der Waals surface area contributed by atoms with Crippen molar-refractivity contribution in [2.24, 2.45) is 0 Å². The van der Waals surface area contributed by atoms with Crippen molar-refractivity contribution in [2.45, 2.75) is 13.0 Å². The van der Waals surface area contributed by atoms with Gasteiger partial charge in [0.25, 0.3) is 0 Å². The van der Waals surface area contributed by atoms with Gasteiger partial charge in [0.2, 0.25) is 5.91 Å². The zero-order valence-corrected chi connectivity index (χ0v) is 14.4. The van der Waals surface area contributed by atoms with Crippen molar-refractivity contribution in [3.63, 3.8) is 0 Å². The first-order valence-electron chi connectivity index (χ1n) is 7.78. The SMILES string of the molecule is N#Cc1c(NC(=O)C=Cc2ccc(O)cc2)sc2c1CCN(C(=O)O)C2. The van der Waals surface area contributed by atoms with Crippen LogP contribution in [0.2, 0.25) is 0 Å². The molecule has 0 fully saturated rings. The molecule has 132 valence electrons. The Hall–Kier alpha value is -3.31. The molecule has 0 bridgehead atoms. The maximum Gasteiger partial charge on any atom is 0.407 e. The summed E-state index contributed by atoms with van der Waals surface area (Å²) in [6.45, 7) is 0.561. The quantitative estimate of drug-likeness (QED) is 0.720. The lowest BCUT2D eigenvalue weighted by molar-refractivity contribution is -0.111. The molecular weight excluding hydrogens is 354 g/mol. The van der Waals surface area contributed by atoms with Crippen LogP contribution in [0.15, 0.2) is 30.3 Å². The van der Waals surface area contributed by atoms with E-state index in [-0.39, 0.29) is 18.2 Å². The van der Waals surface area contributed by atoms with E-state index in [1.54, 1.807) is 18.2 Å². The van der Waals surface area contributed by atoms with Crippen LogP contribution < -0.4 is 5.32 Å². The minimum atomic E-state index is -0.995. The Labute approximate surface area is 153 Å². The Kier molecular flexibility index (Phi) is 4.91. The number of benzene rings is 1. The lowest BCUT2D eigenvalue weighted by Crippen LogP contribution is -2.34. The maximum atomic E-state index is 12.2. The van der Waals surface area contributed by atoms with Gasteiger partial charge >= 0.3 is 6.09 Å². The number of hydrogen-bond donors (Lipinski definition) is 3. The molecule has 7 nitrogen and oxygen atoms in total. The van der Waals surface area contributed by atoms with Crippen molar-refractivity contribution in [3.8, 4) is 11.8 Å². The highest BCUT2D eigenvalue weighted by Crippen LogP contribution is 2.36. The third-order valence-corrected chi connectivity index (χ3v) is 5.13. The highest BCUT2D eigenvalue weighted by atomic mass is 32.1. The number of phenolic OH excluding ortho intramolecular Hbond substituents is 1. The van der Waals surface area contributed by atoms with Crippen molar-refractivity contribution in [3.05, 3.63) is 51.9 Å². The van der Waals surface area contributed by atoms with Crippen LogP contribution in [0.4, 0.5) is 9.80 Å².